The fourth-order valence-electron chi connectivity index (χ4n) is 2.57. The van der Waals surface area contributed by atoms with Gasteiger partial charge in [0.25, 0.3) is 0 Å². The number of amides is 2. The highest BCUT2D eigenvalue weighted by atomic mass is 16.5. The van der Waals surface area contributed by atoms with Gasteiger partial charge in [-0.2, -0.15) is 0 Å². The van der Waals surface area contributed by atoms with Gasteiger partial charge in [0.05, 0.1) is 19.2 Å². The third kappa shape index (κ3) is 3.12. The van der Waals surface area contributed by atoms with Crippen LogP contribution in [0.2, 0.25) is 0 Å². The zero-order valence-electron chi connectivity index (χ0n) is 12.6. The second-order valence-corrected chi connectivity index (χ2v) is 5.19. The van der Waals surface area contributed by atoms with E-state index in [2.05, 4.69) is 12.1 Å². The summed E-state index contributed by atoms with van der Waals surface area (Å²) >= 11 is 0. The molecular weight excluding hydrogens is 252 g/mol. The molecule has 0 saturated carbocycles. The number of benzene rings is 1. The first-order valence-corrected chi connectivity index (χ1v) is 7.39. The first kappa shape index (κ1) is 14.9. The van der Waals surface area contributed by atoms with E-state index in [-0.39, 0.29) is 18.2 Å². The van der Waals surface area contributed by atoms with E-state index >= 15 is 0 Å². The molecule has 0 aliphatic carbocycles. The molecule has 1 aliphatic rings. The van der Waals surface area contributed by atoms with Crippen LogP contribution in [0.15, 0.2) is 30.3 Å². The Balaban J connectivity index is 2.10. The van der Waals surface area contributed by atoms with Gasteiger partial charge in [0.2, 0.25) is 0 Å². The second-order valence-electron chi connectivity index (χ2n) is 5.19. The van der Waals surface area contributed by atoms with Gasteiger partial charge >= 0.3 is 6.03 Å². The molecule has 20 heavy (non-hydrogen) atoms. The lowest BCUT2D eigenvalue weighted by Gasteiger charge is -2.40. The predicted octanol–water partition coefficient (Wildman–Crippen LogP) is 2.91. The molecule has 0 radical (unpaired) electrons. The molecule has 2 atom stereocenters. The zero-order valence-corrected chi connectivity index (χ0v) is 12.6. The Labute approximate surface area is 121 Å². The van der Waals surface area contributed by atoms with Gasteiger partial charge in [-0.1, -0.05) is 30.3 Å². The van der Waals surface area contributed by atoms with Crippen molar-refractivity contribution < 1.29 is 9.53 Å². The molecule has 0 bridgehead atoms. The molecule has 0 spiro atoms. The number of carbonyl (C=O) groups excluding carboxylic acids is 1. The predicted molar refractivity (Wildman–Crippen MR) is 79.6 cm³/mol. The van der Waals surface area contributed by atoms with Crippen molar-refractivity contribution in [3.05, 3.63) is 35.9 Å². The molecule has 1 aromatic carbocycles. The Kier molecular flexibility index (Phi) is 5.01. The summed E-state index contributed by atoms with van der Waals surface area (Å²) < 4.78 is 5.89. The maximum Gasteiger partial charge on any atom is 0.320 e. The van der Waals surface area contributed by atoms with Crippen molar-refractivity contribution in [1.29, 1.82) is 0 Å². The maximum absolute atomic E-state index is 12.5. The minimum atomic E-state index is -0.0214. The number of carbonyl (C=O) groups is 1. The van der Waals surface area contributed by atoms with Crippen molar-refractivity contribution in [3.63, 3.8) is 0 Å². The number of hydrogen-bond donors (Lipinski definition) is 0. The molecule has 110 valence electrons. The molecule has 1 heterocycles. The summed E-state index contributed by atoms with van der Waals surface area (Å²) in [5.74, 6) is 0. The lowest BCUT2D eigenvalue weighted by atomic mass is 10.1. The summed E-state index contributed by atoms with van der Waals surface area (Å²) in [6.07, 6.45) is -0.0214. The minimum absolute atomic E-state index is 0.0214. The number of urea groups is 1. The SMILES string of the molecule is CCN(CC)C(=O)N1CC(c2ccccc2)OCC1C. The smallest absolute Gasteiger partial charge is 0.320 e. The molecule has 1 saturated heterocycles. The Hall–Kier alpha value is -1.55. The van der Waals surface area contributed by atoms with E-state index in [0.717, 1.165) is 18.7 Å². The topological polar surface area (TPSA) is 32.8 Å². The van der Waals surface area contributed by atoms with Gasteiger partial charge in [-0.25, -0.2) is 4.79 Å². The minimum Gasteiger partial charge on any atom is -0.370 e. The average molecular weight is 276 g/mol. The van der Waals surface area contributed by atoms with Crippen LogP contribution in [0.5, 0.6) is 0 Å². The molecule has 1 fully saturated rings. The van der Waals surface area contributed by atoms with E-state index in [4.69, 9.17) is 4.74 Å². The van der Waals surface area contributed by atoms with Crippen LogP contribution in [0.3, 0.4) is 0 Å². The fourth-order valence-corrected chi connectivity index (χ4v) is 2.57. The molecule has 2 amide bonds. The van der Waals surface area contributed by atoms with E-state index in [1.165, 1.54) is 0 Å². The highest BCUT2D eigenvalue weighted by Crippen LogP contribution is 2.25. The van der Waals surface area contributed by atoms with E-state index in [1.54, 1.807) is 0 Å². The Bertz CT molecular complexity index is 431. The lowest BCUT2D eigenvalue weighted by molar-refractivity contribution is -0.0474. The van der Waals surface area contributed by atoms with Crippen LogP contribution in [0.1, 0.15) is 32.4 Å². The molecule has 0 aromatic heterocycles. The lowest BCUT2D eigenvalue weighted by Crippen LogP contribution is -2.53. The van der Waals surface area contributed by atoms with Crippen LogP contribution in [-0.4, -0.2) is 48.1 Å². The van der Waals surface area contributed by atoms with Crippen LogP contribution in [0, 0.1) is 0 Å². The Morgan fingerprint density at radius 2 is 1.95 bits per heavy atom. The standard InChI is InChI=1S/C16H24N2O2/c1-4-17(5-2)16(19)18-11-15(20-12-13(18)3)14-9-7-6-8-10-14/h6-10,13,15H,4-5,11-12H2,1-3H3. The number of ether oxygens (including phenoxy) is 1. The van der Waals surface area contributed by atoms with Gasteiger partial charge < -0.3 is 14.5 Å². The van der Waals surface area contributed by atoms with E-state index in [0.29, 0.717) is 13.2 Å². The van der Waals surface area contributed by atoms with Gasteiger partial charge in [0, 0.05) is 13.1 Å². The molecule has 4 nitrogen and oxygen atoms in total. The van der Waals surface area contributed by atoms with E-state index in [1.807, 2.05) is 48.8 Å². The summed E-state index contributed by atoms with van der Waals surface area (Å²) in [6, 6.07) is 10.4. The van der Waals surface area contributed by atoms with Crippen LogP contribution < -0.4 is 0 Å². The number of hydrogen-bond acceptors (Lipinski definition) is 2. The van der Waals surface area contributed by atoms with Crippen LogP contribution in [0.25, 0.3) is 0 Å². The highest BCUT2D eigenvalue weighted by molar-refractivity contribution is 5.75. The van der Waals surface area contributed by atoms with Gasteiger partial charge in [0.1, 0.15) is 6.10 Å². The van der Waals surface area contributed by atoms with Gasteiger partial charge in [-0.05, 0) is 26.3 Å². The van der Waals surface area contributed by atoms with Gasteiger partial charge in [-0.15, -0.1) is 0 Å². The largest absolute Gasteiger partial charge is 0.370 e. The molecule has 1 aliphatic heterocycles. The maximum atomic E-state index is 12.5. The van der Waals surface area contributed by atoms with Crippen molar-refractivity contribution in [3.8, 4) is 0 Å². The number of nitrogens with zero attached hydrogens (tertiary/aromatic N) is 2. The van der Waals surface area contributed by atoms with Crippen LogP contribution in [-0.2, 0) is 4.74 Å². The second kappa shape index (κ2) is 6.75. The van der Waals surface area contributed by atoms with Gasteiger partial charge in [-0.3, -0.25) is 0 Å². The Morgan fingerprint density at radius 1 is 1.30 bits per heavy atom. The zero-order chi connectivity index (χ0) is 14.5. The van der Waals surface area contributed by atoms with E-state index in [9.17, 15) is 4.79 Å². The first-order valence-electron chi connectivity index (χ1n) is 7.39. The molecule has 2 unspecified atom stereocenters. The highest BCUT2D eigenvalue weighted by Gasteiger charge is 2.32. The van der Waals surface area contributed by atoms with Crippen molar-refractivity contribution in [2.45, 2.75) is 32.9 Å². The molecular formula is C16H24N2O2. The molecule has 0 N–H and O–H groups in total. The molecule has 2 rings (SSSR count). The Morgan fingerprint density at radius 3 is 2.55 bits per heavy atom. The number of rotatable bonds is 3. The van der Waals surface area contributed by atoms with Crippen molar-refractivity contribution in [2.75, 3.05) is 26.2 Å². The van der Waals surface area contributed by atoms with E-state index < -0.39 is 0 Å². The summed E-state index contributed by atoms with van der Waals surface area (Å²) in [5.41, 5.74) is 1.14. The third-order valence-electron chi connectivity index (χ3n) is 3.88. The van der Waals surface area contributed by atoms with Crippen molar-refractivity contribution in [1.82, 2.24) is 9.80 Å². The van der Waals surface area contributed by atoms with Crippen molar-refractivity contribution >= 4 is 6.03 Å². The average Bonchev–Trinajstić information content (AvgIpc) is 2.49. The van der Waals surface area contributed by atoms with Gasteiger partial charge in [0.15, 0.2) is 0 Å². The quantitative estimate of drug-likeness (QED) is 0.850. The summed E-state index contributed by atoms with van der Waals surface area (Å²) in [4.78, 5) is 16.3. The molecule has 1 aromatic rings. The third-order valence-corrected chi connectivity index (χ3v) is 3.88. The van der Waals surface area contributed by atoms with Crippen LogP contribution in [0.4, 0.5) is 4.79 Å². The number of morpholine rings is 1. The fraction of sp³-hybridized carbons (Fsp3) is 0.562. The normalized spacial score (nSPS) is 22.6. The summed E-state index contributed by atoms with van der Waals surface area (Å²) in [5, 5.41) is 0. The monoisotopic (exact) mass is 276 g/mol. The molecule has 4 heteroatoms. The summed E-state index contributed by atoms with van der Waals surface area (Å²) in [6.45, 7) is 8.78. The van der Waals surface area contributed by atoms with Crippen LogP contribution >= 0.6 is 0 Å². The first-order chi connectivity index (χ1) is 9.67. The van der Waals surface area contributed by atoms with Crippen molar-refractivity contribution in [2.24, 2.45) is 0 Å². The summed E-state index contributed by atoms with van der Waals surface area (Å²) in [7, 11) is 0.